The van der Waals surface area contributed by atoms with Gasteiger partial charge in [0, 0.05) is 0 Å². The first-order chi connectivity index (χ1) is 12.1. The van der Waals surface area contributed by atoms with Crippen LogP contribution in [-0.2, 0) is 0 Å². The van der Waals surface area contributed by atoms with Gasteiger partial charge >= 0.3 is 0 Å². The van der Waals surface area contributed by atoms with Crippen LogP contribution in [0.25, 0.3) is 0 Å². The van der Waals surface area contributed by atoms with E-state index in [1.165, 1.54) is 89.9 Å². The molecule has 3 rings (SSSR count). The third-order valence-corrected chi connectivity index (χ3v) is 8.25. The molecule has 0 amide bonds. The van der Waals surface area contributed by atoms with Crippen molar-refractivity contribution in [1.82, 2.24) is 0 Å². The summed E-state index contributed by atoms with van der Waals surface area (Å²) < 4.78 is 0. The lowest BCUT2D eigenvalue weighted by atomic mass is 9.58. The van der Waals surface area contributed by atoms with E-state index in [2.05, 4.69) is 19.9 Å². The van der Waals surface area contributed by atoms with E-state index in [-0.39, 0.29) is 5.41 Å². The molecule has 3 fully saturated rings. The van der Waals surface area contributed by atoms with Crippen molar-refractivity contribution in [1.29, 1.82) is 5.26 Å². The zero-order valence-corrected chi connectivity index (χ0v) is 16.9. The molecule has 0 heterocycles. The molecule has 3 saturated carbocycles. The van der Waals surface area contributed by atoms with Gasteiger partial charge in [-0.1, -0.05) is 51.9 Å². The van der Waals surface area contributed by atoms with Crippen molar-refractivity contribution < 1.29 is 0 Å². The van der Waals surface area contributed by atoms with Crippen molar-refractivity contribution in [3.05, 3.63) is 0 Å². The minimum atomic E-state index is -0.0101. The van der Waals surface area contributed by atoms with Crippen LogP contribution in [0.5, 0.6) is 0 Å². The van der Waals surface area contributed by atoms with Gasteiger partial charge in [-0.15, -0.1) is 0 Å². The first-order valence-corrected chi connectivity index (χ1v) is 11.5. The molecule has 0 aromatic rings. The molecule has 25 heavy (non-hydrogen) atoms. The Morgan fingerprint density at radius 3 is 2.24 bits per heavy atom. The highest BCUT2D eigenvalue weighted by Gasteiger charge is 2.42. The Labute approximate surface area is 157 Å². The fraction of sp³-hybridized carbons (Fsp3) is 0.958. The first kappa shape index (κ1) is 19.3. The van der Waals surface area contributed by atoms with Gasteiger partial charge in [0.25, 0.3) is 0 Å². The molecule has 0 aromatic heterocycles. The van der Waals surface area contributed by atoms with E-state index in [0.717, 1.165) is 36.0 Å². The summed E-state index contributed by atoms with van der Waals surface area (Å²) in [5.74, 6) is 4.93. The molecule has 0 spiro atoms. The number of fused-ring (bicyclic) bond motifs is 1. The van der Waals surface area contributed by atoms with Crippen LogP contribution in [0.4, 0.5) is 0 Å². The Kier molecular flexibility index (Phi) is 6.87. The minimum Gasteiger partial charge on any atom is -0.198 e. The van der Waals surface area contributed by atoms with Crippen LogP contribution < -0.4 is 0 Å². The standard InChI is InChI=1S/C24H41N/c1-3-4-5-6-7-19-8-10-20(11-9-19)21-12-13-23-17-24(2,18-25)15-14-22(23)16-21/h19-23H,3-17H2,1-2H3/t19?,20?,21-,22-,23-,24-/m0/s1. The zero-order valence-electron chi connectivity index (χ0n) is 16.9. The molecule has 3 aliphatic rings. The molecule has 0 unspecified atom stereocenters. The largest absolute Gasteiger partial charge is 0.198 e. The van der Waals surface area contributed by atoms with Crippen molar-refractivity contribution in [2.45, 2.75) is 110 Å². The number of nitrogens with zero attached hydrogens (tertiary/aromatic N) is 1. The van der Waals surface area contributed by atoms with Gasteiger partial charge in [-0.3, -0.25) is 0 Å². The lowest BCUT2D eigenvalue weighted by Crippen LogP contribution is -2.37. The van der Waals surface area contributed by atoms with E-state index < -0.39 is 0 Å². The molecular formula is C24H41N. The summed E-state index contributed by atoms with van der Waals surface area (Å²) in [5.41, 5.74) is -0.0101. The maximum Gasteiger partial charge on any atom is 0.0686 e. The fourth-order valence-electron chi connectivity index (χ4n) is 6.51. The van der Waals surface area contributed by atoms with Gasteiger partial charge in [-0.25, -0.2) is 0 Å². The van der Waals surface area contributed by atoms with Crippen molar-refractivity contribution in [3.63, 3.8) is 0 Å². The van der Waals surface area contributed by atoms with E-state index in [1.54, 1.807) is 0 Å². The van der Waals surface area contributed by atoms with Crippen LogP contribution >= 0.6 is 0 Å². The van der Waals surface area contributed by atoms with Crippen molar-refractivity contribution in [2.75, 3.05) is 0 Å². The zero-order chi connectivity index (χ0) is 17.7. The lowest BCUT2D eigenvalue weighted by Gasteiger charge is -2.46. The average Bonchev–Trinajstić information content (AvgIpc) is 2.65. The van der Waals surface area contributed by atoms with E-state index in [1.807, 2.05) is 0 Å². The molecular weight excluding hydrogens is 302 g/mol. The first-order valence-electron chi connectivity index (χ1n) is 11.5. The molecule has 142 valence electrons. The monoisotopic (exact) mass is 343 g/mol. The summed E-state index contributed by atoms with van der Waals surface area (Å²) in [7, 11) is 0. The van der Waals surface area contributed by atoms with Gasteiger partial charge in [0.15, 0.2) is 0 Å². The summed E-state index contributed by atoms with van der Waals surface area (Å²) in [6.07, 6.45) is 21.4. The summed E-state index contributed by atoms with van der Waals surface area (Å²) in [6, 6.07) is 2.62. The smallest absolute Gasteiger partial charge is 0.0686 e. The predicted molar refractivity (Wildman–Crippen MR) is 106 cm³/mol. The highest BCUT2D eigenvalue weighted by Crippen LogP contribution is 2.52. The highest BCUT2D eigenvalue weighted by atomic mass is 14.5. The van der Waals surface area contributed by atoms with Crippen LogP contribution in [0.15, 0.2) is 0 Å². The van der Waals surface area contributed by atoms with Crippen LogP contribution in [0, 0.1) is 46.3 Å². The molecule has 4 atom stereocenters. The number of hydrogen-bond donors (Lipinski definition) is 0. The fourth-order valence-corrected chi connectivity index (χ4v) is 6.51. The third-order valence-electron chi connectivity index (χ3n) is 8.25. The maximum atomic E-state index is 9.46. The van der Waals surface area contributed by atoms with Gasteiger partial charge in [0.1, 0.15) is 0 Å². The number of unbranched alkanes of at least 4 members (excludes halogenated alkanes) is 3. The van der Waals surface area contributed by atoms with Gasteiger partial charge < -0.3 is 0 Å². The Morgan fingerprint density at radius 1 is 0.840 bits per heavy atom. The quantitative estimate of drug-likeness (QED) is 0.458. The second-order valence-corrected chi connectivity index (χ2v) is 10.1. The number of rotatable bonds is 6. The van der Waals surface area contributed by atoms with Crippen LogP contribution in [-0.4, -0.2) is 0 Å². The Balaban J connectivity index is 1.40. The van der Waals surface area contributed by atoms with Gasteiger partial charge in [0.05, 0.1) is 11.5 Å². The van der Waals surface area contributed by atoms with Crippen molar-refractivity contribution in [2.24, 2.45) is 35.0 Å². The maximum absolute atomic E-state index is 9.46. The Bertz CT molecular complexity index is 442. The Morgan fingerprint density at radius 2 is 1.52 bits per heavy atom. The molecule has 3 aliphatic carbocycles. The van der Waals surface area contributed by atoms with Gasteiger partial charge in [0.2, 0.25) is 0 Å². The molecule has 0 bridgehead atoms. The minimum absolute atomic E-state index is 0.0101. The normalized spacial score (nSPS) is 41.7. The molecule has 0 saturated heterocycles. The van der Waals surface area contributed by atoms with Crippen LogP contribution in [0.1, 0.15) is 110 Å². The second-order valence-electron chi connectivity index (χ2n) is 10.1. The van der Waals surface area contributed by atoms with Crippen molar-refractivity contribution >= 4 is 0 Å². The van der Waals surface area contributed by atoms with Crippen molar-refractivity contribution in [3.8, 4) is 6.07 Å². The van der Waals surface area contributed by atoms with E-state index in [0.29, 0.717) is 0 Å². The van der Waals surface area contributed by atoms with Gasteiger partial charge in [-0.05, 0) is 87.9 Å². The van der Waals surface area contributed by atoms with E-state index >= 15 is 0 Å². The number of hydrogen-bond acceptors (Lipinski definition) is 1. The lowest BCUT2D eigenvalue weighted by molar-refractivity contribution is 0.0467. The molecule has 0 aliphatic heterocycles. The summed E-state index contributed by atoms with van der Waals surface area (Å²) in [6.45, 7) is 4.52. The molecule has 1 nitrogen and oxygen atoms in total. The summed E-state index contributed by atoms with van der Waals surface area (Å²) in [4.78, 5) is 0. The molecule has 1 heteroatoms. The number of nitriles is 1. The summed E-state index contributed by atoms with van der Waals surface area (Å²) in [5, 5.41) is 9.46. The average molecular weight is 344 g/mol. The summed E-state index contributed by atoms with van der Waals surface area (Å²) >= 11 is 0. The van der Waals surface area contributed by atoms with Crippen LogP contribution in [0.3, 0.4) is 0 Å². The molecule has 0 N–H and O–H groups in total. The topological polar surface area (TPSA) is 23.8 Å². The predicted octanol–water partition coefficient (Wildman–Crippen LogP) is 7.51. The van der Waals surface area contributed by atoms with E-state index in [4.69, 9.17) is 0 Å². The third kappa shape index (κ3) is 5.02. The Hall–Kier alpha value is -0.510. The van der Waals surface area contributed by atoms with E-state index in [9.17, 15) is 5.26 Å². The second kappa shape index (κ2) is 8.92. The highest BCUT2D eigenvalue weighted by molar-refractivity contribution is 5.02. The van der Waals surface area contributed by atoms with Crippen LogP contribution in [0.2, 0.25) is 0 Å². The molecule has 0 radical (unpaired) electrons. The SMILES string of the molecule is CCCCCCC1CCC([C@H]2CC[C@H]3C[C@@](C)(C#N)CC[C@H]3C2)CC1. The molecule has 0 aromatic carbocycles. The van der Waals surface area contributed by atoms with Gasteiger partial charge in [-0.2, -0.15) is 5.26 Å².